The standard InChI is InChI=1S/C24H25NO3/c1-25(18-24(26)27)17-16-23(21-10-6-3-7-11-21)28-22-14-12-20(13-15-22)19-8-4-2-5-9-19/h2-15,23H,16-18H2,1H3,(H,26,27)/p-1/t23-/m1/s1. The molecule has 0 aromatic heterocycles. The summed E-state index contributed by atoms with van der Waals surface area (Å²) < 4.78 is 6.26. The molecule has 0 aliphatic carbocycles. The fourth-order valence-corrected chi connectivity index (χ4v) is 3.12. The Bertz CT molecular complexity index is 863. The lowest BCUT2D eigenvalue weighted by atomic mass is 10.0. The summed E-state index contributed by atoms with van der Waals surface area (Å²) in [6, 6.07) is 28.2. The van der Waals surface area contributed by atoms with E-state index < -0.39 is 5.97 Å². The molecule has 0 heterocycles. The summed E-state index contributed by atoms with van der Waals surface area (Å²) in [5.41, 5.74) is 3.37. The van der Waals surface area contributed by atoms with Crippen molar-refractivity contribution in [3.8, 4) is 16.9 Å². The molecule has 0 aliphatic rings. The number of carboxylic acid groups (broad SMARTS) is 1. The molecule has 144 valence electrons. The lowest BCUT2D eigenvalue weighted by Gasteiger charge is -2.23. The zero-order valence-corrected chi connectivity index (χ0v) is 16.0. The average molecular weight is 374 g/mol. The van der Waals surface area contributed by atoms with Gasteiger partial charge in [-0.1, -0.05) is 72.8 Å². The molecule has 28 heavy (non-hydrogen) atoms. The van der Waals surface area contributed by atoms with Gasteiger partial charge < -0.3 is 19.5 Å². The van der Waals surface area contributed by atoms with Crippen LogP contribution in [0.3, 0.4) is 0 Å². The lowest BCUT2D eigenvalue weighted by Crippen LogP contribution is -2.36. The van der Waals surface area contributed by atoms with Crippen LogP contribution in [0.5, 0.6) is 5.75 Å². The van der Waals surface area contributed by atoms with E-state index >= 15 is 0 Å². The summed E-state index contributed by atoms with van der Waals surface area (Å²) in [6.07, 6.45) is 0.516. The van der Waals surface area contributed by atoms with E-state index in [4.69, 9.17) is 4.74 Å². The van der Waals surface area contributed by atoms with Gasteiger partial charge in [-0.3, -0.25) is 0 Å². The van der Waals surface area contributed by atoms with Gasteiger partial charge in [0.15, 0.2) is 0 Å². The van der Waals surface area contributed by atoms with Crippen LogP contribution in [0.2, 0.25) is 0 Å². The number of ether oxygens (including phenoxy) is 1. The molecule has 4 nitrogen and oxygen atoms in total. The number of aliphatic carboxylic acids is 1. The fraction of sp³-hybridized carbons (Fsp3) is 0.208. The monoisotopic (exact) mass is 374 g/mol. The Morgan fingerprint density at radius 2 is 1.46 bits per heavy atom. The topological polar surface area (TPSA) is 52.6 Å². The van der Waals surface area contributed by atoms with E-state index in [-0.39, 0.29) is 12.6 Å². The Morgan fingerprint density at radius 1 is 0.893 bits per heavy atom. The highest BCUT2D eigenvalue weighted by Crippen LogP contribution is 2.27. The van der Waals surface area contributed by atoms with Crippen molar-refractivity contribution < 1.29 is 14.6 Å². The SMILES string of the molecule is CN(CC[C@@H](Oc1ccc(-c2ccccc2)cc1)c1ccccc1)CC(=O)[O-]. The minimum atomic E-state index is -1.07. The minimum Gasteiger partial charge on any atom is -0.549 e. The molecule has 0 unspecified atom stereocenters. The highest BCUT2D eigenvalue weighted by molar-refractivity contribution is 5.66. The van der Waals surface area contributed by atoms with Crippen molar-refractivity contribution in [2.45, 2.75) is 12.5 Å². The first-order chi connectivity index (χ1) is 13.6. The van der Waals surface area contributed by atoms with Gasteiger partial charge in [0.1, 0.15) is 11.9 Å². The number of nitrogens with zero attached hydrogens (tertiary/aromatic N) is 1. The van der Waals surface area contributed by atoms with E-state index in [0.29, 0.717) is 13.0 Å². The molecule has 0 aliphatic heterocycles. The first-order valence-electron chi connectivity index (χ1n) is 9.37. The first-order valence-corrected chi connectivity index (χ1v) is 9.37. The molecule has 0 spiro atoms. The number of rotatable bonds is 9. The molecule has 3 rings (SSSR count). The average Bonchev–Trinajstić information content (AvgIpc) is 2.72. The van der Waals surface area contributed by atoms with Gasteiger partial charge in [0.05, 0.1) is 5.97 Å². The molecule has 0 amide bonds. The molecule has 0 saturated heterocycles. The predicted octanol–water partition coefficient (Wildman–Crippen LogP) is 3.55. The third kappa shape index (κ3) is 5.69. The number of carboxylic acids is 1. The molecule has 0 bridgehead atoms. The van der Waals surface area contributed by atoms with Gasteiger partial charge in [-0.25, -0.2) is 0 Å². The van der Waals surface area contributed by atoms with Gasteiger partial charge in [-0.15, -0.1) is 0 Å². The molecule has 0 saturated carbocycles. The van der Waals surface area contributed by atoms with Gasteiger partial charge in [-0.2, -0.15) is 0 Å². The highest BCUT2D eigenvalue weighted by atomic mass is 16.5. The number of carbonyl (C=O) groups excluding carboxylic acids is 1. The minimum absolute atomic E-state index is 0.0900. The van der Waals surface area contributed by atoms with Gasteiger partial charge >= 0.3 is 0 Å². The summed E-state index contributed by atoms with van der Waals surface area (Å²) in [5.74, 6) is -0.285. The largest absolute Gasteiger partial charge is 0.549 e. The third-order valence-electron chi connectivity index (χ3n) is 4.58. The van der Waals surface area contributed by atoms with E-state index in [0.717, 1.165) is 22.4 Å². The summed E-state index contributed by atoms with van der Waals surface area (Å²) in [7, 11) is 1.77. The van der Waals surface area contributed by atoms with Gasteiger partial charge in [0, 0.05) is 19.5 Å². The smallest absolute Gasteiger partial charge is 0.125 e. The Morgan fingerprint density at radius 3 is 2.07 bits per heavy atom. The summed E-state index contributed by atoms with van der Waals surface area (Å²) in [5, 5.41) is 10.8. The maximum atomic E-state index is 10.8. The van der Waals surface area contributed by atoms with Crippen LogP contribution in [-0.4, -0.2) is 31.0 Å². The van der Waals surface area contributed by atoms with Crippen LogP contribution in [0.4, 0.5) is 0 Å². The van der Waals surface area contributed by atoms with Gasteiger partial charge in [0.25, 0.3) is 0 Å². The van der Waals surface area contributed by atoms with E-state index in [1.165, 1.54) is 0 Å². The van der Waals surface area contributed by atoms with E-state index in [9.17, 15) is 9.90 Å². The molecule has 4 heteroatoms. The summed E-state index contributed by atoms with van der Waals surface area (Å²) in [6.45, 7) is 0.503. The van der Waals surface area contributed by atoms with Gasteiger partial charge in [0.2, 0.25) is 0 Å². The van der Waals surface area contributed by atoms with Crippen LogP contribution in [0.1, 0.15) is 18.1 Å². The van der Waals surface area contributed by atoms with Crippen LogP contribution < -0.4 is 9.84 Å². The Kier molecular flexibility index (Phi) is 6.82. The van der Waals surface area contributed by atoms with Crippen molar-refractivity contribution >= 4 is 5.97 Å². The van der Waals surface area contributed by atoms with Crippen molar-refractivity contribution in [1.82, 2.24) is 4.90 Å². The molecular weight excluding hydrogens is 350 g/mol. The number of carbonyl (C=O) groups is 1. The van der Waals surface area contributed by atoms with E-state index in [1.807, 2.05) is 60.7 Å². The summed E-state index contributed by atoms with van der Waals surface area (Å²) in [4.78, 5) is 12.5. The fourth-order valence-electron chi connectivity index (χ4n) is 3.12. The number of hydrogen-bond acceptors (Lipinski definition) is 4. The van der Waals surface area contributed by atoms with Crippen LogP contribution >= 0.6 is 0 Å². The van der Waals surface area contributed by atoms with Crippen molar-refractivity contribution in [2.24, 2.45) is 0 Å². The molecule has 3 aromatic rings. The number of benzene rings is 3. The Balaban J connectivity index is 1.71. The molecule has 0 fully saturated rings. The van der Waals surface area contributed by atoms with Crippen molar-refractivity contribution in [3.05, 3.63) is 90.5 Å². The molecule has 0 N–H and O–H groups in total. The highest BCUT2D eigenvalue weighted by Gasteiger charge is 2.14. The van der Waals surface area contributed by atoms with E-state index in [2.05, 4.69) is 24.3 Å². The predicted molar refractivity (Wildman–Crippen MR) is 109 cm³/mol. The second-order valence-corrected chi connectivity index (χ2v) is 6.81. The zero-order chi connectivity index (χ0) is 19.8. The van der Waals surface area contributed by atoms with Crippen molar-refractivity contribution in [2.75, 3.05) is 20.1 Å². The summed E-state index contributed by atoms with van der Waals surface area (Å²) >= 11 is 0. The second kappa shape index (κ2) is 9.72. The van der Waals surface area contributed by atoms with Crippen molar-refractivity contribution in [3.63, 3.8) is 0 Å². The number of likely N-dealkylation sites (N-methyl/N-ethyl adjacent to an activating group) is 1. The normalized spacial score (nSPS) is 11.9. The van der Waals surface area contributed by atoms with Crippen LogP contribution in [0.15, 0.2) is 84.9 Å². The quantitative estimate of drug-likeness (QED) is 0.575. The molecule has 0 radical (unpaired) electrons. The third-order valence-corrected chi connectivity index (χ3v) is 4.58. The number of hydrogen-bond donors (Lipinski definition) is 0. The Labute approximate surface area is 166 Å². The van der Waals surface area contributed by atoms with Crippen LogP contribution in [-0.2, 0) is 4.79 Å². The zero-order valence-electron chi connectivity index (χ0n) is 16.0. The maximum Gasteiger partial charge on any atom is 0.125 e. The molecule has 3 aromatic carbocycles. The van der Waals surface area contributed by atoms with E-state index in [1.54, 1.807) is 11.9 Å². The first kappa shape index (κ1) is 19.6. The maximum absolute atomic E-state index is 10.8. The molecular formula is C24H24NO3-. The molecule has 1 atom stereocenters. The lowest BCUT2D eigenvalue weighted by molar-refractivity contribution is -0.306. The van der Waals surface area contributed by atoms with Crippen LogP contribution in [0, 0.1) is 0 Å². The second-order valence-electron chi connectivity index (χ2n) is 6.81. The van der Waals surface area contributed by atoms with Crippen LogP contribution in [0.25, 0.3) is 11.1 Å². The Hall–Kier alpha value is -3.11. The van der Waals surface area contributed by atoms with Crippen molar-refractivity contribution in [1.29, 1.82) is 0 Å². The van der Waals surface area contributed by atoms with Gasteiger partial charge in [-0.05, 0) is 35.9 Å².